The van der Waals surface area contributed by atoms with Gasteiger partial charge in [-0.25, -0.2) is 0 Å². The molecule has 0 spiro atoms. The smallest absolute Gasteiger partial charge is 0.248 e. The van der Waals surface area contributed by atoms with Crippen molar-refractivity contribution in [2.24, 2.45) is 5.16 Å². The average molecular weight is 329 g/mol. The van der Waals surface area contributed by atoms with Gasteiger partial charge in [0, 0.05) is 23.9 Å². The number of oxime groups is 1. The standard InChI is InChI=1S/C19H27N3O2/c1-3-4-5-13-24-22-18-11-8-15-14-16(9-10-17(15)18)21-19(23)7-6-12-20-2/h6-7,9-10,14,20H,3-5,8,11-13H2,1-2H3,(H,21,23)/b7-6+,22-18+. The topological polar surface area (TPSA) is 62.7 Å². The summed E-state index contributed by atoms with van der Waals surface area (Å²) in [5, 5.41) is 10.1. The zero-order valence-electron chi connectivity index (χ0n) is 14.6. The third-order valence-electron chi connectivity index (χ3n) is 3.92. The molecule has 1 aliphatic rings. The summed E-state index contributed by atoms with van der Waals surface area (Å²) in [5.41, 5.74) is 4.17. The van der Waals surface area contributed by atoms with Gasteiger partial charge in [-0.15, -0.1) is 0 Å². The van der Waals surface area contributed by atoms with E-state index in [1.165, 1.54) is 18.4 Å². The summed E-state index contributed by atoms with van der Waals surface area (Å²) in [4.78, 5) is 17.2. The molecule has 0 unspecified atom stereocenters. The van der Waals surface area contributed by atoms with Crippen LogP contribution in [0.2, 0.25) is 0 Å². The number of rotatable bonds is 9. The van der Waals surface area contributed by atoms with E-state index in [1.54, 1.807) is 12.2 Å². The van der Waals surface area contributed by atoms with Crippen molar-refractivity contribution in [2.75, 3.05) is 25.5 Å². The van der Waals surface area contributed by atoms with E-state index < -0.39 is 0 Å². The predicted molar refractivity (Wildman–Crippen MR) is 98.5 cm³/mol. The van der Waals surface area contributed by atoms with Crippen molar-refractivity contribution < 1.29 is 9.63 Å². The first kappa shape index (κ1) is 18.2. The van der Waals surface area contributed by atoms with Gasteiger partial charge in [0.1, 0.15) is 6.61 Å². The Morgan fingerprint density at radius 2 is 2.21 bits per heavy atom. The van der Waals surface area contributed by atoms with Crippen molar-refractivity contribution in [3.05, 3.63) is 41.5 Å². The largest absolute Gasteiger partial charge is 0.396 e. The lowest BCUT2D eigenvalue weighted by molar-refractivity contribution is -0.111. The van der Waals surface area contributed by atoms with E-state index in [0.29, 0.717) is 13.2 Å². The van der Waals surface area contributed by atoms with Crippen LogP contribution in [0, 0.1) is 0 Å². The summed E-state index contributed by atoms with van der Waals surface area (Å²) in [7, 11) is 1.84. The second-order valence-electron chi connectivity index (χ2n) is 5.90. The highest BCUT2D eigenvalue weighted by Crippen LogP contribution is 2.26. The predicted octanol–water partition coefficient (Wildman–Crippen LogP) is 3.26. The molecule has 0 bridgehead atoms. The van der Waals surface area contributed by atoms with Crippen LogP contribution in [-0.2, 0) is 16.1 Å². The maximum atomic E-state index is 11.8. The van der Waals surface area contributed by atoms with Crippen LogP contribution in [0.3, 0.4) is 0 Å². The first-order valence-corrected chi connectivity index (χ1v) is 8.69. The van der Waals surface area contributed by atoms with E-state index in [4.69, 9.17) is 4.84 Å². The minimum atomic E-state index is -0.114. The molecule has 1 amide bonds. The van der Waals surface area contributed by atoms with Crippen LogP contribution in [0.1, 0.15) is 43.7 Å². The van der Waals surface area contributed by atoms with Crippen LogP contribution in [0.15, 0.2) is 35.5 Å². The second-order valence-corrected chi connectivity index (χ2v) is 5.90. The third kappa shape index (κ3) is 5.49. The van der Waals surface area contributed by atoms with Crippen molar-refractivity contribution in [3.8, 4) is 0 Å². The molecule has 1 aliphatic carbocycles. The molecule has 0 saturated heterocycles. The Morgan fingerprint density at radius 1 is 1.33 bits per heavy atom. The number of fused-ring (bicyclic) bond motifs is 1. The number of benzene rings is 1. The molecule has 5 heteroatoms. The van der Waals surface area contributed by atoms with Gasteiger partial charge in [-0.3, -0.25) is 4.79 Å². The molecule has 5 nitrogen and oxygen atoms in total. The van der Waals surface area contributed by atoms with Crippen LogP contribution in [0.25, 0.3) is 0 Å². The lowest BCUT2D eigenvalue weighted by Crippen LogP contribution is -2.10. The van der Waals surface area contributed by atoms with Gasteiger partial charge in [0.2, 0.25) is 5.91 Å². The van der Waals surface area contributed by atoms with Gasteiger partial charge < -0.3 is 15.5 Å². The number of aryl methyl sites for hydroxylation is 1. The summed E-state index contributed by atoms with van der Waals surface area (Å²) < 4.78 is 0. The Balaban J connectivity index is 1.92. The normalized spacial score (nSPS) is 15.0. The highest BCUT2D eigenvalue weighted by atomic mass is 16.6. The molecule has 0 heterocycles. The van der Waals surface area contributed by atoms with Gasteiger partial charge >= 0.3 is 0 Å². The average Bonchev–Trinajstić information content (AvgIpc) is 2.97. The van der Waals surface area contributed by atoms with E-state index in [0.717, 1.165) is 36.2 Å². The van der Waals surface area contributed by atoms with Crippen molar-refractivity contribution in [1.29, 1.82) is 0 Å². The van der Waals surface area contributed by atoms with Crippen molar-refractivity contribution in [1.82, 2.24) is 5.32 Å². The Kier molecular flexibility index (Phi) is 7.49. The van der Waals surface area contributed by atoms with E-state index in [1.807, 2.05) is 25.2 Å². The van der Waals surface area contributed by atoms with Gasteiger partial charge in [-0.05, 0) is 44.0 Å². The Hall–Kier alpha value is -2.14. The molecule has 0 radical (unpaired) electrons. The molecule has 2 rings (SSSR count). The quantitative estimate of drug-likeness (QED) is 0.415. The number of nitrogens with one attached hydrogen (secondary N) is 2. The highest BCUT2D eigenvalue weighted by molar-refractivity contribution is 6.05. The second kappa shape index (κ2) is 9.88. The molecule has 130 valence electrons. The van der Waals surface area contributed by atoms with Gasteiger partial charge in [0.05, 0.1) is 5.71 Å². The zero-order chi connectivity index (χ0) is 17.2. The number of anilines is 1. The minimum Gasteiger partial charge on any atom is -0.396 e. The van der Waals surface area contributed by atoms with Crippen LogP contribution in [0.5, 0.6) is 0 Å². The number of likely N-dealkylation sites (N-methyl/N-ethyl adjacent to an activating group) is 1. The number of hydrogen-bond donors (Lipinski definition) is 2. The van der Waals surface area contributed by atoms with E-state index in [2.05, 4.69) is 22.7 Å². The van der Waals surface area contributed by atoms with Crippen molar-refractivity contribution >= 4 is 17.3 Å². The summed E-state index contributed by atoms with van der Waals surface area (Å²) in [6.45, 7) is 3.53. The van der Waals surface area contributed by atoms with Crippen molar-refractivity contribution in [3.63, 3.8) is 0 Å². The summed E-state index contributed by atoms with van der Waals surface area (Å²) in [6.07, 6.45) is 8.57. The number of amides is 1. The fraction of sp³-hybridized carbons (Fsp3) is 0.474. The molecule has 0 aromatic heterocycles. The first-order valence-electron chi connectivity index (χ1n) is 8.69. The summed E-state index contributed by atoms with van der Waals surface area (Å²) >= 11 is 0. The van der Waals surface area contributed by atoms with Crippen LogP contribution >= 0.6 is 0 Å². The maximum Gasteiger partial charge on any atom is 0.248 e. The summed E-state index contributed by atoms with van der Waals surface area (Å²) in [5.74, 6) is -0.114. The fourth-order valence-electron chi connectivity index (χ4n) is 2.65. The van der Waals surface area contributed by atoms with E-state index in [-0.39, 0.29) is 5.91 Å². The molecular formula is C19H27N3O2. The molecule has 24 heavy (non-hydrogen) atoms. The number of unbranched alkanes of at least 4 members (excludes halogenated alkanes) is 2. The number of carbonyl (C=O) groups is 1. The van der Waals surface area contributed by atoms with Gasteiger partial charge in [0.15, 0.2) is 0 Å². The summed E-state index contributed by atoms with van der Waals surface area (Å²) in [6, 6.07) is 5.96. The van der Waals surface area contributed by atoms with Crippen LogP contribution in [-0.4, -0.2) is 31.8 Å². The van der Waals surface area contributed by atoms with E-state index >= 15 is 0 Å². The maximum absolute atomic E-state index is 11.8. The molecule has 1 aromatic carbocycles. The fourth-order valence-corrected chi connectivity index (χ4v) is 2.65. The first-order chi connectivity index (χ1) is 11.7. The molecule has 1 aromatic rings. The van der Waals surface area contributed by atoms with Gasteiger partial charge in [-0.2, -0.15) is 0 Å². The number of hydrogen-bond acceptors (Lipinski definition) is 4. The molecule has 0 aliphatic heterocycles. The number of nitrogens with zero attached hydrogens (tertiary/aromatic N) is 1. The highest BCUT2D eigenvalue weighted by Gasteiger charge is 2.18. The SMILES string of the molecule is CCCCCO/N=C1\CCc2cc(NC(=O)/C=C/CNC)ccc21. The molecular weight excluding hydrogens is 302 g/mol. The third-order valence-corrected chi connectivity index (χ3v) is 3.92. The molecule has 0 saturated carbocycles. The van der Waals surface area contributed by atoms with Crippen LogP contribution < -0.4 is 10.6 Å². The molecule has 0 fully saturated rings. The molecule has 2 N–H and O–H groups in total. The Morgan fingerprint density at radius 3 is 3.00 bits per heavy atom. The molecule has 0 atom stereocenters. The Labute approximate surface area is 144 Å². The Bertz CT molecular complexity index is 609. The number of carbonyl (C=O) groups excluding carboxylic acids is 1. The zero-order valence-corrected chi connectivity index (χ0v) is 14.6. The minimum absolute atomic E-state index is 0.114. The van der Waals surface area contributed by atoms with Gasteiger partial charge in [-0.1, -0.05) is 37.1 Å². The van der Waals surface area contributed by atoms with Crippen molar-refractivity contribution in [2.45, 2.75) is 39.0 Å². The van der Waals surface area contributed by atoms with Crippen LogP contribution in [0.4, 0.5) is 5.69 Å². The monoisotopic (exact) mass is 329 g/mol. The van der Waals surface area contributed by atoms with E-state index in [9.17, 15) is 4.79 Å². The lowest BCUT2D eigenvalue weighted by atomic mass is 10.1. The lowest BCUT2D eigenvalue weighted by Gasteiger charge is -2.06. The van der Waals surface area contributed by atoms with Gasteiger partial charge in [0.25, 0.3) is 0 Å².